The van der Waals surface area contributed by atoms with Gasteiger partial charge in [-0.1, -0.05) is 36.4 Å². The van der Waals surface area contributed by atoms with Crippen molar-refractivity contribution in [1.29, 1.82) is 0 Å². The summed E-state index contributed by atoms with van der Waals surface area (Å²) in [7, 11) is 4.50. The number of aromatic nitrogens is 1. The van der Waals surface area contributed by atoms with E-state index in [-0.39, 0.29) is 11.8 Å². The van der Waals surface area contributed by atoms with Crippen molar-refractivity contribution >= 4 is 50.8 Å². The fraction of sp³-hybridized carbons (Fsp3) is 0.212. The van der Waals surface area contributed by atoms with Crippen LogP contribution in [0, 0.1) is 0 Å². The lowest BCUT2D eigenvalue weighted by Gasteiger charge is -2.19. The number of rotatable bonds is 8. The number of fused-ring (bicyclic) bond motifs is 4. The van der Waals surface area contributed by atoms with Crippen molar-refractivity contribution in [1.82, 2.24) is 4.98 Å². The third kappa shape index (κ3) is 4.77. The van der Waals surface area contributed by atoms with Gasteiger partial charge >= 0.3 is 5.97 Å². The number of esters is 1. The SMILES string of the molecule is COC(=O)c1ccc2c3c(cc(OCc4ccccc4)c2c1)N(C(=O)c1cc2cc(OC)c(OC)cc2[nH]1)CC3CCl. The second-order valence-electron chi connectivity index (χ2n) is 10.1. The van der Waals surface area contributed by atoms with Gasteiger partial charge in [-0.2, -0.15) is 0 Å². The molecule has 0 bridgehead atoms. The van der Waals surface area contributed by atoms with Crippen molar-refractivity contribution in [3.05, 3.63) is 95.2 Å². The van der Waals surface area contributed by atoms with Gasteiger partial charge in [0.25, 0.3) is 5.91 Å². The molecule has 1 aliphatic heterocycles. The number of halogens is 1. The number of amides is 1. The second kappa shape index (κ2) is 11.3. The molecule has 2 heterocycles. The van der Waals surface area contributed by atoms with Gasteiger partial charge in [0.15, 0.2) is 11.5 Å². The maximum atomic E-state index is 14.0. The van der Waals surface area contributed by atoms with Crippen molar-refractivity contribution < 1.29 is 28.5 Å². The van der Waals surface area contributed by atoms with Crippen LogP contribution in [0.15, 0.2) is 72.8 Å². The maximum absolute atomic E-state index is 14.0. The van der Waals surface area contributed by atoms with Gasteiger partial charge in [-0.25, -0.2) is 4.79 Å². The molecule has 0 aliphatic carbocycles. The highest BCUT2D eigenvalue weighted by Gasteiger charge is 2.36. The number of nitrogens with one attached hydrogen (secondary N) is 1. The van der Waals surface area contributed by atoms with E-state index in [4.69, 9.17) is 30.5 Å². The van der Waals surface area contributed by atoms with Gasteiger partial charge in [0.05, 0.1) is 32.6 Å². The minimum absolute atomic E-state index is 0.121. The van der Waals surface area contributed by atoms with Crippen LogP contribution in [0.4, 0.5) is 5.69 Å². The van der Waals surface area contributed by atoms with E-state index in [0.717, 1.165) is 38.5 Å². The molecule has 1 amide bonds. The van der Waals surface area contributed by atoms with Crippen molar-refractivity contribution in [2.45, 2.75) is 12.5 Å². The molecule has 1 aromatic heterocycles. The van der Waals surface area contributed by atoms with Crippen LogP contribution in [0.25, 0.3) is 21.7 Å². The van der Waals surface area contributed by atoms with E-state index in [0.29, 0.717) is 47.5 Å². The molecule has 0 radical (unpaired) electrons. The average molecular weight is 585 g/mol. The van der Waals surface area contributed by atoms with E-state index in [1.807, 2.05) is 60.7 Å². The van der Waals surface area contributed by atoms with Gasteiger partial charge in [0.2, 0.25) is 0 Å². The number of carbonyl (C=O) groups is 2. The molecular weight excluding hydrogens is 556 g/mol. The number of ether oxygens (including phenoxy) is 4. The molecule has 214 valence electrons. The van der Waals surface area contributed by atoms with E-state index in [1.165, 1.54) is 7.11 Å². The van der Waals surface area contributed by atoms with Gasteiger partial charge in [-0.05, 0) is 40.8 Å². The van der Waals surface area contributed by atoms with Gasteiger partial charge in [-0.3, -0.25) is 4.79 Å². The summed E-state index contributed by atoms with van der Waals surface area (Å²) in [6, 6.07) is 22.5. The standard InChI is InChI=1S/C33H29ClN2O6/c1-39-29-13-21-12-26(35-25(21)14-30(29)40-2)32(37)36-17-22(16-34)31-23-10-9-20(33(38)41-3)11-24(23)28(15-27(31)36)42-18-19-7-5-4-6-8-19/h4-15,22,35H,16-18H2,1-3H3. The van der Waals surface area contributed by atoms with Gasteiger partial charge in [0, 0.05) is 46.8 Å². The first-order valence-corrected chi connectivity index (χ1v) is 14.0. The topological polar surface area (TPSA) is 90.1 Å². The Morgan fingerprint density at radius 3 is 2.38 bits per heavy atom. The fourth-order valence-electron chi connectivity index (χ4n) is 5.60. The zero-order valence-electron chi connectivity index (χ0n) is 23.4. The molecule has 0 spiro atoms. The first-order valence-electron chi connectivity index (χ1n) is 13.4. The largest absolute Gasteiger partial charge is 0.493 e. The minimum atomic E-state index is -0.441. The van der Waals surface area contributed by atoms with E-state index >= 15 is 0 Å². The summed E-state index contributed by atoms with van der Waals surface area (Å²) in [5.41, 5.74) is 4.24. The number of anilines is 1. The highest BCUT2D eigenvalue weighted by atomic mass is 35.5. The summed E-state index contributed by atoms with van der Waals surface area (Å²) in [6.07, 6.45) is 0. The van der Waals surface area contributed by atoms with Crippen molar-refractivity contribution in [2.75, 3.05) is 38.7 Å². The summed E-state index contributed by atoms with van der Waals surface area (Å²) >= 11 is 6.49. The third-order valence-electron chi connectivity index (χ3n) is 7.67. The molecule has 1 unspecified atom stereocenters. The molecule has 1 aliphatic rings. The molecule has 1 atom stereocenters. The second-order valence-corrected chi connectivity index (χ2v) is 10.4. The molecule has 0 saturated carbocycles. The molecule has 42 heavy (non-hydrogen) atoms. The Bertz CT molecular complexity index is 1780. The molecule has 9 heteroatoms. The Morgan fingerprint density at radius 2 is 1.67 bits per heavy atom. The summed E-state index contributed by atoms with van der Waals surface area (Å²) in [6.45, 7) is 0.714. The lowest BCUT2D eigenvalue weighted by atomic mass is 9.94. The summed E-state index contributed by atoms with van der Waals surface area (Å²) in [4.78, 5) is 31.4. The number of aromatic amines is 1. The van der Waals surface area contributed by atoms with Gasteiger partial charge in [-0.15, -0.1) is 11.6 Å². The van der Waals surface area contributed by atoms with Gasteiger partial charge in [0.1, 0.15) is 18.1 Å². The predicted octanol–water partition coefficient (Wildman–Crippen LogP) is 6.69. The zero-order chi connectivity index (χ0) is 29.4. The summed E-state index contributed by atoms with van der Waals surface area (Å²) in [5.74, 6) is 1.26. The van der Waals surface area contributed by atoms with E-state index in [9.17, 15) is 9.59 Å². The van der Waals surface area contributed by atoms with E-state index in [1.54, 1.807) is 31.3 Å². The third-order valence-corrected chi connectivity index (χ3v) is 8.04. The summed E-state index contributed by atoms with van der Waals surface area (Å²) < 4.78 is 22.2. The normalized spacial score (nSPS) is 14.2. The molecule has 0 saturated heterocycles. The number of nitrogens with zero attached hydrogens (tertiary/aromatic N) is 1. The van der Waals surface area contributed by atoms with Crippen LogP contribution >= 0.6 is 11.6 Å². The number of hydrogen-bond acceptors (Lipinski definition) is 6. The van der Waals surface area contributed by atoms with Crippen LogP contribution in [0.3, 0.4) is 0 Å². The monoisotopic (exact) mass is 584 g/mol. The first-order chi connectivity index (χ1) is 20.4. The lowest BCUT2D eigenvalue weighted by molar-refractivity contribution is 0.0600. The highest BCUT2D eigenvalue weighted by molar-refractivity contribution is 6.19. The van der Waals surface area contributed by atoms with Crippen LogP contribution in [-0.2, 0) is 11.3 Å². The maximum Gasteiger partial charge on any atom is 0.337 e. The Hall–Kier alpha value is -4.69. The molecule has 0 fully saturated rings. The summed E-state index contributed by atoms with van der Waals surface area (Å²) in [5, 5.41) is 2.45. The van der Waals surface area contributed by atoms with E-state index < -0.39 is 5.97 Å². The predicted molar refractivity (Wildman–Crippen MR) is 163 cm³/mol. The molecule has 8 nitrogen and oxygen atoms in total. The van der Waals surface area contributed by atoms with E-state index in [2.05, 4.69) is 4.98 Å². The van der Waals surface area contributed by atoms with Crippen molar-refractivity contribution in [3.8, 4) is 17.2 Å². The Kier molecular flexibility index (Phi) is 7.39. The fourth-order valence-corrected chi connectivity index (χ4v) is 5.85. The first kappa shape index (κ1) is 27.5. The number of hydrogen-bond donors (Lipinski definition) is 1. The number of alkyl halides is 1. The molecule has 4 aromatic carbocycles. The Morgan fingerprint density at radius 1 is 0.905 bits per heavy atom. The van der Waals surface area contributed by atoms with Crippen LogP contribution in [-0.4, -0.2) is 50.6 Å². The minimum Gasteiger partial charge on any atom is -0.493 e. The molecule has 6 rings (SSSR count). The van der Waals surface area contributed by atoms with Gasteiger partial charge < -0.3 is 28.8 Å². The van der Waals surface area contributed by atoms with Crippen LogP contribution in [0.2, 0.25) is 0 Å². The molecule has 1 N–H and O–H groups in total. The van der Waals surface area contributed by atoms with Crippen LogP contribution < -0.4 is 19.1 Å². The highest BCUT2D eigenvalue weighted by Crippen LogP contribution is 2.46. The van der Waals surface area contributed by atoms with Crippen molar-refractivity contribution in [2.24, 2.45) is 0 Å². The number of benzene rings is 4. The Labute approximate surface area is 247 Å². The van der Waals surface area contributed by atoms with Crippen LogP contribution in [0.5, 0.6) is 17.2 Å². The lowest BCUT2D eigenvalue weighted by Crippen LogP contribution is -2.30. The van der Waals surface area contributed by atoms with Crippen molar-refractivity contribution in [3.63, 3.8) is 0 Å². The number of carbonyl (C=O) groups excluding carboxylic acids is 2. The molecular formula is C33H29ClN2O6. The average Bonchev–Trinajstić information content (AvgIpc) is 3.63. The number of H-pyrrole nitrogens is 1. The van der Waals surface area contributed by atoms with Crippen LogP contribution in [0.1, 0.15) is 37.9 Å². The number of methoxy groups -OCH3 is 3. The quantitative estimate of drug-likeness (QED) is 0.161. The Balaban J connectivity index is 1.46. The zero-order valence-corrected chi connectivity index (χ0v) is 24.2. The molecule has 5 aromatic rings. The smallest absolute Gasteiger partial charge is 0.337 e.